The van der Waals surface area contributed by atoms with E-state index in [1.54, 1.807) is 19.2 Å². The van der Waals surface area contributed by atoms with Crippen molar-refractivity contribution in [1.29, 1.82) is 0 Å². The van der Waals surface area contributed by atoms with Crippen molar-refractivity contribution in [3.8, 4) is 22.8 Å². The summed E-state index contributed by atoms with van der Waals surface area (Å²) in [6.07, 6.45) is 1.07. The molecule has 2 aromatic carbocycles. The molecule has 1 aliphatic heterocycles. The largest absolute Gasteiger partial charge is 0.497 e. The minimum atomic E-state index is -3.81. The Morgan fingerprint density at radius 1 is 1.06 bits per heavy atom. The summed E-state index contributed by atoms with van der Waals surface area (Å²) in [7, 11) is -0.686. The maximum atomic E-state index is 13.1. The van der Waals surface area contributed by atoms with Gasteiger partial charge < -0.3 is 14.8 Å². The highest BCUT2D eigenvalue weighted by atomic mass is 32.2. The number of carbonyl (C=O) groups is 1. The van der Waals surface area contributed by atoms with E-state index in [2.05, 4.69) is 10.3 Å². The van der Waals surface area contributed by atoms with Crippen LogP contribution in [-0.4, -0.2) is 50.4 Å². The Morgan fingerprint density at radius 2 is 1.69 bits per heavy atom. The number of nitrogens with one attached hydrogen (secondary N) is 1. The molecule has 1 fully saturated rings. The molecule has 8 nitrogen and oxygen atoms in total. The normalized spacial score (nSPS) is 16.6. The molecule has 0 saturated carbocycles. The minimum Gasteiger partial charge on any atom is -0.497 e. The van der Waals surface area contributed by atoms with Crippen LogP contribution < -0.4 is 14.8 Å². The predicted octanol–water partition coefficient (Wildman–Crippen LogP) is 3.62. The number of aromatic nitrogens is 1. The van der Waals surface area contributed by atoms with Crippen LogP contribution in [-0.2, 0) is 14.8 Å². The molecule has 0 spiro atoms. The van der Waals surface area contributed by atoms with Gasteiger partial charge in [-0.2, -0.15) is 4.31 Å². The van der Waals surface area contributed by atoms with Crippen LogP contribution in [0.4, 0.5) is 5.13 Å². The van der Waals surface area contributed by atoms with E-state index < -0.39 is 16.1 Å². The van der Waals surface area contributed by atoms with E-state index in [9.17, 15) is 13.2 Å². The third kappa shape index (κ3) is 4.47. The van der Waals surface area contributed by atoms with Gasteiger partial charge in [-0.25, -0.2) is 13.4 Å². The lowest BCUT2D eigenvalue weighted by Gasteiger charge is -2.23. The number of benzene rings is 2. The first kappa shape index (κ1) is 22.3. The van der Waals surface area contributed by atoms with Gasteiger partial charge in [-0.3, -0.25) is 4.79 Å². The molecule has 2 heterocycles. The Labute approximate surface area is 190 Å². The second-order valence-corrected chi connectivity index (χ2v) is 9.95. The first-order valence-electron chi connectivity index (χ1n) is 9.99. The first-order chi connectivity index (χ1) is 15.4. The van der Waals surface area contributed by atoms with Crippen LogP contribution in [0.1, 0.15) is 12.8 Å². The third-order valence-electron chi connectivity index (χ3n) is 5.29. The van der Waals surface area contributed by atoms with Crippen LogP contribution in [0.15, 0.2) is 58.8 Å². The van der Waals surface area contributed by atoms with Crippen LogP contribution in [0, 0.1) is 0 Å². The van der Waals surface area contributed by atoms with Crippen molar-refractivity contribution in [2.75, 3.05) is 26.1 Å². The van der Waals surface area contributed by atoms with Crippen molar-refractivity contribution >= 4 is 32.4 Å². The van der Waals surface area contributed by atoms with Gasteiger partial charge in [0.2, 0.25) is 15.9 Å². The summed E-state index contributed by atoms with van der Waals surface area (Å²) >= 11 is 1.29. The fourth-order valence-corrected chi connectivity index (χ4v) is 5.97. The van der Waals surface area contributed by atoms with Crippen LogP contribution in [0.25, 0.3) is 11.3 Å². The molecule has 0 radical (unpaired) electrons. The van der Waals surface area contributed by atoms with Gasteiger partial charge in [0, 0.05) is 17.5 Å². The zero-order valence-electron chi connectivity index (χ0n) is 17.6. The van der Waals surface area contributed by atoms with E-state index in [0.29, 0.717) is 30.3 Å². The standard InChI is InChI=1S/C22H23N3O5S2/c1-29-16-7-5-15(6-8-16)19-14-31-22(23-19)24-21(26)20-4-3-13-25(20)32(27,28)18-11-9-17(30-2)10-12-18/h5-12,14,20H,3-4,13H2,1-2H3,(H,23,24,26). The number of hydrogen-bond donors (Lipinski definition) is 1. The topological polar surface area (TPSA) is 97.8 Å². The quantitative estimate of drug-likeness (QED) is 0.563. The van der Waals surface area contributed by atoms with E-state index in [1.807, 2.05) is 29.6 Å². The number of carbonyl (C=O) groups excluding carboxylic acids is 1. The number of rotatable bonds is 7. The SMILES string of the molecule is COc1ccc(-c2csc(NC(=O)C3CCCN3S(=O)(=O)c3ccc(OC)cc3)n2)cc1. The lowest BCUT2D eigenvalue weighted by atomic mass is 10.2. The van der Waals surface area contributed by atoms with E-state index in [4.69, 9.17) is 9.47 Å². The Balaban J connectivity index is 1.48. The number of anilines is 1. The first-order valence-corrected chi connectivity index (χ1v) is 12.3. The highest BCUT2D eigenvalue weighted by Crippen LogP contribution is 2.30. The summed E-state index contributed by atoms with van der Waals surface area (Å²) in [5, 5.41) is 5.06. The van der Waals surface area contributed by atoms with Crippen molar-refractivity contribution in [1.82, 2.24) is 9.29 Å². The summed E-state index contributed by atoms with van der Waals surface area (Å²) in [6, 6.07) is 12.8. The Hall–Kier alpha value is -2.95. The predicted molar refractivity (Wildman–Crippen MR) is 123 cm³/mol. The smallest absolute Gasteiger partial charge is 0.244 e. The molecule has 1 N–H and O–H groups in total. The Morgan fingerprint density at radius 3 is 2.31 bits per heavy atom. The van der Waals surface area contributed by atoms with E-state index in [-0.39, 0.29) is 10.8 Å². The molecule has 1 amide bonds. The van der Waals surface area contributed by atoms with Crippen molar-refractivity contribution in [2.24, 2.45) is 0 Å². The zero-order valence-corrected chi connectivity index (χ0v) is 19.3. The molecule has 1 unspecified atom stereocenters. The van der Waals surface area contributed by atoms with Gasteiger partial charge >= 0.3 is 0 Å². The third-order valence-corrected chi connectivity index (χ3v) is 7.97. The zero-order chi connectivity index (χ0) is 22.7. The molecule has 3 aromatic rings. The van der Waals surface area contributed by atoms with Crippen LogP contribution in [0.3, 0.4) is 0 Å². The maximum Gasteiger partial charge on any atom is 0.244 e. The van der Waals surface area contributed by atoms with Gasteiger partial charge in [0.05, 0.1) is 24.8 Å². The van der Waals surface area contributed by atoms with Crippen LogP contribution in [0.5, 0.6) is 11.5 Å². The van der Waals surface area contributed by atoms with E-state index >= 15 is 0 Å². The summed E-state index contributed by atoms with van der Waals surface area (Å²) in [4.78, 5) is 17.6. The molecule has 0 aliphatic carbocycles. The monoisotopic (exact) mass is 473 g/mol. The second-order valence-electron chi connectivity index (χ2n) is 7.20. The number of ether oxygens (including phenoxy) is 2. The van der Waals surface area contributed by atoms with Gasteiger partial charge in [-0.05, 0) is 61.4 Å². The number of amides is 1. The fraction of sp³-hybridized carbons (Fsp3) is 0.273. The average molecular weight is 474 g/mol. The summed E-state index contributed by atoms with van der Waals surface area (Å²) in [5.74, 6) is 0.934. The lowest BCUT2D eigenvalue weighted by Crippen LogP contribution is -2.43. The molecule has 1 saturated heterocycles. The van der Waals surface area contributed by atoms with Gasteiger partial charge in [-0.15, -0.1) is 11.3 Å². The van der Waals surface area contributed by atoms with Crippen LogP contribution in [0.2, 0.25) is 0 Å². The number of sulfonamides is 1. The van der Waals surface area contributed by atoms with E-state index in [1.165, 1.54) is 34.9 Å². The number of methoxy groups -OCH3 is 2. The molecule has 0 bridgehead atoms. The van der Waals surface area contributed by atoms with Crippen molar-refractivity contribution < 1.29 is 22.7 Å². The highest BCUT2D eigenvalue weighted by molar-refractivity contribution is 7.89. The highest BCUT2D eigenvalue weighted by Gasteiger charge is 2.39. The molecule has 1 atom stereocenters. The van der Waals surface area contributed by atoms with Crippen LogP contribution >= 0.6 is 11.3 Å². The number of hydrogen-bond acceptors (Lipinski definition) is 7. The molecule has 1 aromatic heterocycles. The van der Waals surface area contributed by atoms with Gasteiger partial charge in [0.25, 0.3) is 0 Å². The second kappa shape index (κ2) is 9.27. The lowest BCUT2D eigenvalue weighted by molar-refractivity contribution is -0.119. The minimum absolute atomic E-state index is 0.133. The number of nitrogens with zero attached hydrogens (tertiary/aromatic N) is 2. The van der Waals surface area contributed by atoms with Crippen molar-refractivity contribution in [3.05, 3.63) is 53.9 Å². The maximum absolute atomic E-state index is 13.1. The summed E-state index contributed by atoms with van der Waals surface area (Å²) in [5.41, 5.74) is 1.62. The summed E-state index contributed by atoms with van der Waals surface area (Å²) in [6.45, 7) is 0.293. The molecular weight excluding hydrogens is 450 g/mol. The van der Waals surface area contributed by atoms with Gasteiger partial charge in [0.1, 0.15) is 17.5 Å². The van der Waals surface area contributed by atoms with Crippen molar-refractivity contribution in [3.63, 3.8) is 0 Å². The van der Waals surface area contributed by atoms with Gasteiger partial charge in [0.15, 0.2) is 5.13 Å². The van der Waals surface area contributed by atoms with E-state index in [0.717, 1.165) is 17.0 Å². The molecule has 1 aliphatic rings. The molecule has 10 heteroatoms. The molecule has 168 valence electrons. The molecular formula is C22H23N3O5S2. The Bertz CT molecular complexity index is 1190. The number of thiazole rings is 1. The molecule has 32 heavy (non-hydrogen) atoms. The fourth-order valence-electron chi connectivity index (χ4n) is 3.59. The Kier molecular flexibility index (Phi) is 6.45. The summed E-state index contributed by atoms with van der Waals surface area (Å²) < 4.78 is 37.8. The van der Waals surface area contributed by atoms with Gasteiger partial charge in [-0.1, -0.05) is 0 Å². The van der Waals surface area contributed by atoms with Crippen molar-refractivity contribution in [2.45, 2.75) is 23.8 Å². The average Bonchev–Trinajstić information content (AvgIpc) is 3.49. The molecule has 4 rings (SSSR count).